The van der Waals surface area contributed by atoms with Crippen molar-refractivity contribution in [2.24, 2.45) is 17.6 Å². The molecular weight excluding hydrogens is 238 g/mol. The van der Waals surface area contributed by atoms with Crippen molar-refractivity contribution in [3.8, 4) is 0 Å². The highest BCUT2D eigenvalue weighted by Gasteiger charge is 2.27. The Kier molecular flexibility index (Phi) is 5.15. The van der Waals surface area contributed by atoms with Crippen LogP contribution in [0.4, 0.5) is 0 Å². The Labute approximate surface area is 107 Å². The minimum absolute atomic E-state index is 0.00144. The monoisotopic (exact) mass is 257 g/mol. The largest absolute Gasteiger partial charge is 0.330 e. The van der Waals surface area contributed by atoms with Gasteiger partial charge in [-0.15, -0.1) is 0 Å². The lowest BCUT2D eigenvalue weighted by Crippen LogP contribution is -2.30. The number of nitrogens with two attached hydrogens (primary N) is 1. The smallest absolute Gasteiger partial charge is 0.186 e. The number of carbonyl (C=O) groups is 1. The van der Waals surface area contributed by atoms with Crippen LogP contribution in [0.3, 0.4) is 0 Å². The summed E-state index contributed by atoms with van der Waals surface area (Å²) in [5.41, 5.74) is 6.16. The van der Waals surface area contributed by atoms with Crippen molar-refractivity contribution in [2.75, 3.05) is 6.54 Å². The summed E-state index contributed by atoms with van der Waals surface area (Å²) in [7, 11) is 0. The van der Waals surface area contributed by atoms with E-state index in [1.165, 1.54) is 6.20 Å². The normalized spacial score (nSPS) is 13.1. The molecule has 0 fully saturated rings. The molecule has 1 aromatic heterocycles. The van der Waals surface area contributed by atoms with E-state index in [2.05, 4.69) is 5.10 Å². The quantitative estimate of drug-likeness (QED) is 0.796. The molecule has 0 amide bonds. The molecule has 1 atom stereocenters. The van der Waals surface area contributed by atoms with E-state index in [4.69, 9.17) is 17.3 Å². The topological polar surface area (TPSA) is 60.9 Å². The van der Waals surface area contributed by atoms with Crippen LogP contribution in [0.15, 0.2) is 6.20 Å². The van der Waals surface area contributed by atoms with Gasteiger partial charge in [0.1, 0.15) is 5.69 Å². The van der Waals surface area contributed by atoms with E-state index in [1.54, 1.807) is 4.68 Å². The Balaban J connectivity index is 3.05. The Morgan fingerprint density at radius 1 is 1.59 bits per heavy atom. The number of nitrogens with zero attached hydrogens (tertiary/aromatic N) is 2. The lowest BCUT2D eigenvalue weighted by Gasteiger charge is -2.18. The number of rotatable bonds is 6. The minimum Gasteiger partial charge on any atom is -0.330 e. The molecule has 0 aliphatic carbocycles. The SMILES string of the molecule is CCCn1ncc(Cl)c1C(=O)C(CN)C(C)C. The van der Waals surface area contributed by atoms with E-state index in [1.807, 2.05) is 20.8 Å². The molecule has 1 heterocycles. The molecular formula is C12H20ClN3O. The summed E-state index contributed by atoms with van der Waals surface area (Å²) >= 11 is 6.04. The number of hydrogen-bond acceptors (Lipinski definition) is 3. The second-order valence-corrected chi connectivity index (χ2v) is 4.92. The van der Waals surface area contributed by atoms with Gasteiger partial charge in [-0.25, -0.2) is 0 Å². The Morgan fingerprint density at radius 3 is 2.71 bits per heavy atom. The van der Waals surface area contributed by atoms with Crippen LogP contribution in [0.1, 0.15) is 37.7 Å². The molecule has 1 rings (SSSR count). The van der Waals surface area contributed by atoms with Gasteiger partial charge in [-0.1, -0.05) is 32.4 Å². The van der Waals surface area contributed by atoms with Gasteiger partial charge in [0, 0.05) is 19.0 Å². The van der Waals surface area contributed by atoms with Gasteiger partial charge in [0.25, 0.3) is 0 Å². The van der Waals surface area contributed by atoms with Crippen LogP contribution < -0.4 is 5.73 Å². The van der Waals surface area contributed by atoms with E-state index >= 15 is 0 Å². The number of halogens is 1. The summed E-state index contributed by atoms with van der Waals surface area (Å²) in [6, 6.07) is 0. The first-order valence-corrected chi connectivity index (χ1v) is 6.36. The highest BCUT2D eigenvalue weighted by molar-refractivity contribution is 6.33. The van der Waals surface area contributed by atoms with Gasteiger partial charge in [0.15, 0.2) is 5.78 Å². The summed E-state index contributed by atoms with van der Waals surface area (Å²) in [4.78, 5) is 12.4. The lowest BCUT2D eigenvalue weighted by molar-refractivity contribution is 0.0880. The van der Waals surface area contributed by atoms with Crippen molar-refractivity contribution in [3.05, 3.63) is 16.9 Å². The van der Waals surface area contributed by atoms with E-state index in [9.17, 15) is 4.79 Å². The average molecular weight is 258 g/mol. The molecule has 1 aromatic rings. The van der Waals surface area contributed by atoms with Gasteiger partial charge < -0.3 is 5.73 Å². The molecule has 2 N–H and O–H groups in total. The van der Waals surface area contributed by atoms with Gasteiger partial charge in [-0.05, 0) is 12.3 Å². The first kappa shape index (κ1) is 14.2. The molecule has 1 unspecified atom stereocenters. The molecule has 0 spiro atoms. The predicted molar refractivity (Wildman–Crippen MR) is 69.2 cm³/mol. The first-order valence-electron chi connectivity index (χ1n) is 5.98. The molecule has 0 aliphatic heterocycles. The number of carbonyl (C=O) groups excluding carboxylic acids is 1. The third kappa shape index (κ3) is 3.07. The lowest BCUT2D eigenvalue weighted by atomic mass is 9.90. The molecule has 17 heavy (non-hydrogen) atoms. The zero-order valence-electron chi connectivity index (χ0n) is 10.6. The molecule has 0 bridgehead atoms. The van der Waals surface area contributed by atoms with Gasteiger partial charge in [-0.2, -0.15) is 5.10 Å². The molecule has 0 saturated heterocycles. The second kappa shape index (κ2) is 6.17. The number of aromatic nitrogens is 2. The van der Waals surface area contributed by atoms with Crippen LogP contribution in [0.25, 0.3) is 0 Å². The van der Waals surface area contributed by atoms with Crippen LogP contribution in [-0.2, 0) is 6.54 Å². The maximum Gasteiger partial charge on any atom is 0.186 e. The van der Waals surface area contributed by atoms with Crippen molar-refractivity contribution < 1.29 is 4.79 Å². The van der Waals surface area contributed by atoms with Crippen molar-refractivity contribution in [3.63, 3.8) is 0 Å². The number of aryl methyl sites for hydroxylation is 1. The fourth-order valence-corrected chi connectivity index (χ4v) is 2.08. The van der Waals surface area contributed by atoms with Crippen molar-refractivity contribution >= 4 is 17.4 Å². The molecule has 0 saturated carbocycles. The highest BCUT2D eigenvalue weighted by Crippen LogP contribution is 2.22. The summed E-state index contributed by atoms with van der Waals surface area (Å²) in [5, 5.41) is 4.54. The van der Waals surface area contributed by atoms with Crippen molar-refractivity contribution in [1.82, 2.24) is 9.78 Å². The van der Waals surface area contributed by atoms with Gasteiger partial charge in [0.2, 0.25) is 0 Å². The molecule has 5 heteroatoms. The second-order valence-electron chi connectivity index (χ2n) is 4.51. The Morgan fingerprint density at radius 2 is 2.24 bits per heavy atom. The third-order valence-electron chi connectivity index (χ3n) is 2.86. The van der Waals surface area contributed by atoms with E-state index in [0.29, 0.717) is 23.8 Å². The summed E-state index contributed by atoms with van der Waals surface area (Å²) in [6.07, 6.45) is 2.44. The molecule has 0 aromatic carbocycles. The molecule has 4 nitrogen and oxygen atoms in total. The van der Waals surface area contributed by atoms with Gasteiger partial charge in [0.05, 0.1) is 11.2 Å². The summed E-state index contributed by atoms with van der Waals surface area (Å²) < 4.78 is 1.68. The molecule has 96 valence electrons. The van der Waals surface area contributed by atoms with Gasteiger partial charge in [-0.3, -0.25) is 9.48 Å². The van der Waals surface area contributed by atoms with Crippen molar-refractivity contribution in [2.45, 2.75) is 33.7 Å². The standard InChI is InChI=1S/C12H20ClN3O/c1-4-5-16-11(10(13)7-15-16)12(17)9(6-14)8(2)3/h7-9H,4-6,14H2,1-3H3. The number of ketones is 1. The molecule has 0 aliphatic rings. The van der Waals surface area contributed by atoms with Gasteiger partial charge >= 0.3 is 0 Å². The van der Waals surface area contributed by atoms with Crippen LogP contribution >= 0.6 is 11.6 Å². The van der Waals surface area contributed by atoms with Crippen LogP contribution in [-0.4, -0.2) is 22.1 Å². The van der Waals surface area contributed by atoms with E-state index < -0.39 is 0 Å². The van der Waals surface area contributed by atoms with E-state index in [-0.39, 0.29) is 17.6 Å². The van der Waals surface area contributed by atoms with Crippen molar-refractivity contribution in [1.29, 1.82) is 0 Å². The first-order chi connectivity index (χ1) is 8.02. The molecule has 0 radical (unpaired) electrons. The average Bonchev–Trinajstić information content (AvgIpc) is 2.60. The summed E-state index contributed by atoms with van der Waals surface area (Å²) in [6.45, 7) is 7.05. The Bertz CT molecular complexity index is 387. The number of Topliss-reactive ketones (excluding diaryl/α,β-unsaturated/α-hetero) is 1. The van der Waals surface area contributed by atoms with Crippen LogP contribution in [0, 0.1) is 11.8 Å². The number of hydrogen-bond donors (Lipinski definition) is 1. The fourth-order valence-electron chi connectivity index (χ4n) is 1.85. The van der Waals surface area contributed by atoms with Crippen LogP contribution in [0.5, 0.6) is 0 Å². The highest BCUT2D eigenvalue weighted by atomic mass is 35.5. The predicted octanol–water partition coefficient (Wildman–Crippen LogP) is 2.36. The minimum atomic E-state index is -0.195. The Hall–Kier alpha value is -0.870. The maximum absolute atomic E-state index is 12.4. The maximum atomic E-state index is 12.4. The van der Waals surface area contributed by atoms with E-state index in [0.717, 1.165) is 6.42 Å². The zero-order chi connectivity index (χ0) is 13.0. The summed E-state index contributed by atoms with van der Waals surface area (Å²) in [5.74, 6) is 0.00630. The third-order valence-corrected chi connectivity index (χ3v) is 3.14. The fraction of sp³-hybridized carbons (Fsp3) is 0.667. The zero-order valence-corrected chi connectivity index (χ0v) is 11.4. The van der Waals surface area contributed by atoms with Crippen LogP contribution in [0.2, 0.25) is 5.02 Å².